The van der Waals surface area contributed by atoms with Crippen LogP contribution in [-0.2, 0) is 22.3 Å². The van der Waals surface area contributed by atoms with Crippen molar-refractivity contribution in [2.75, 3.05) is 7.05 Å². The average molecular weight is 332 g/mol. The molecule has 0 spiro atoms. The summed E-state index contributed by atoms with van der Waals surface area (Å²) in [7, 11) is -1.78. The van der Waals surface area contributed by atoms with Crippen LogP contribution in [0.3, 0.4) is 0 Å². The molecule has 0 saturated carbocycles. The monoisotopic (exact) mass is 332 g/mol. The van der Waals surface area contributed by atoms with E-state index in [9.17, 15) is 8.42 Å². The fraction of sp³-hybridized carbons (Fsp3) is 0.333. The first-order valence-corrected chi connectivity index (χ1v) is 9.46. The van der Waals surface area contributed by atoms with Gasteiger partial charge in [-0.3, -0.25) is 0 Å². The molecule has 0 amide bonds. The van der Waals surface area contributed by atoms with Gasteiger partial charge in [0.1, 0.15) is 0 Å². The molecule has 0 aliphatic carbocycles. The highest BCUT2D eigenvalue weighted by Crippen LogP contribution is 2.17. The Hall–Kier alpha value is -1.69. The Balaban J connectivity index is 1.96. The molecule has 5 heteroatoms. The molecule has 2 aromatic carbocycles. The highest BCUT2D eigenvalue weighted by molar-refractivity contribution is 7.88. The molecule has 0 aliphatic heterocycles. The zero-order valence-electron chi connectivity index (χ0n) is 13.6. The molecule has 23 heavy (non-hydrogen) atoms. The lowest BCUT2D eigenvalue weighted by molar-refractivity contribution is 0.519. The first-order chi connectivity index (χ1) is 11.0. The van der Waals surface area contributed by atoms with Crippen molar-refractivity contribution in [2.24, 2.45) is 0 Å². The van der Waals surface area contributed by atoms with Crippen LogP contribution in [0.25, 0.3) is 0 Å². The summed E-state index contributed by atoms with van der Waals surface area (Å²) in [6.45, 7) is 2.92. The molecular formula is C18H24N2O2S. The van der Waals surface area contributed by atoms with Crippen LogP contribution >= 0.6 is 0 Å². The molecular weight excluding hydrogens is 308 g/mol. The second kappa shape index (κ2) is 8.24. The first-order valence-electron chi connectivity index (χ1n) is 7.81. The summed E-state index contributed by atoms with van der Waals surface area (Å²) in [5.41, 5.74) is 3.22. The van der Waals surface area contributed by atoms with E-state index >= 15 is 0 Å². The topological polar surface area (TPSA) is 58.2 Å². The molecule has 0 radical (unpaired) electrons. The van der Waals surface area contributed by atoms with E-state index in [4.69, 9.17) is 0 Å². The van der Waals surface area contributed by atoms with Gasteiger partial charge >= 0.3 is 0 Å². The second-order valence-electron chi connectivity index (χ2n) is 5.53. The Morgan fingerprint density at radius 2 is 1.57 bits per heavy atom. The molecule has 0 unspecified atom stereocenters. The smallest absolute Gasteiger partial charge is 0.215 e. The lowest BCUT2D eigenvalue weighted by atomic mass is 10.0. The summed E-state index contributed by atoms with van der Waals surface area (Å²) in [4.78, 5) is 0. The van der Waals surface area contributed by atoms with E-state index in [0.717, 1.165) is 24.1 Å². The van der Waals surface area contributed by atoms with Crippen LogP contribution in [0.5, 0.6) is 0 Å². The second-order valence-corrected chi connectivity index (χ2v) is 7.46. The van der Waals surface area contributed by atoms with Crippen molar-refractivity contribution in [3.05, 3.63) is 71.3 Å². The van der Waals surface area contributed by atoms with Crippen molar-refractivity contribution < 1.29 is 8.42 Å². The molecule has 4 nitrogen and oxygen atoms in total. The fourth-order valence-electron chi connectivity index (χ4n) is 2.47. The molecule has 0 heterocycles. The third kappa shape index (κ3) is 5.46. The van der Waals surface area contributed by atoms with Gasteiger partial charge in [-0.25, -0.2) is 13.1 Å². The molecule has 0 aromatic heterocycles. The van der Waals surface area contributed by atoms with Crippen LogP contribution in [0.15, 0.2) is 54.6 Å². The van der Waals surface area contributed by atoms with E-state index in [1.807, 2.05) is 30.3 Å². The van der Waals surface area contributed by atoms with Crippen molar-refractivity contribution in [2.45, 2.75) is 31.7 Å². The standard InChI is InChI=1S/C18H24N2O2S/c1-3-18(17-7-5-4-6-8-17)20-13-15-9-11-16(12-10-15)14-23(21,22)19-2/h4-12,18-20H,3,13-14H2,1-2H3/t18-/m0/s1. The van der Waals surface area contributed by atoms with E-state index in [1.54, 1.807) is 0 Å². The van der Waals surface area contributed by atoms with Crippen LogP contribution in [0.4, 0.5) is 0 Å². The van der Waals surface area contributed by atoms with Gasteiger partial charge in [0.25, 0.3) is 0 Å². The maximum atomic E-state index is 11.5. The zero-order chi connectivity index (χ0) is 16.7. The molecule has 0 saturated heterocycles. The number of benzene rings is 2. The molecule has 124 valence electrons. The van der Waals surface area contributed by atoms with Crippen LogP contribution < -0.4 is 10.0 Å². The third-order valence-corrected chi connectivity index (χ3v) is 5.19. The van der Waals surface area contributed by atoms with Crippen molar-refractivity contribution in [3.8, 4) is 0 Å². The average Bonchev–Trinajstić information content (AvgIpc) is 2.57. The van der Waals surface area contributed by atoms with Gasteiger partial charge < -0.3 is 5.32 Å². The van der Waals surface area contributed by atoms with Crippen LogP contribution in [0.1, 0.15) is 36.1 Å². The minimum atomic E-state index is -3.22. The Morgan fingerprint density at radius 3 is 2.13 bits per heavy atom. The van der Waals surface area contributed by atoms with Gasteiger partial charge in [0.15, 0.2) is 0 Å². The quantitative estimate of drug-likeness (QED) is 0.781. The first kappa shape index (κ1) is 17.7. The zero-order valence-corrected chi connectivity index (χ0v) is 14.4. The van der Waals surface area contributed by atoms with Crippen LogP contribution in [0.2, 0.25) is 0 Å². The number of hydrogen-bond acceptors (Lipinski definition) is 3. The Labute approximate surface area is 139 Å². The molecule has 2 rings (SSSR count). The van der Waals surface area contributed by atoms with Gasteiger partial charge in [0, 0.05) is 12.6 Å². The number of nitrogens with one attached hydrogen (secondary N) is 2. The van der Waals surface area contributed by atoms with E-state index in [1.165, 1.54) is 12.6 Å². The van der Waals surface area contributed by atoms with Gasteiger partial charge in [0.2, 0.25) is 10.0 Å². The molecule has 1 atom stereocenters. The summed E-state index contributed by atoms with van der Waals surface area (Å²) in [6.07, 6.45) is 1.02. The highest BCUT2D eigenvalue weighted by atomic mass is 32.2. The van der Waals surface area contributed by atoms with Gasteiger partial charge in [-0.15, -0.1) is 0 Å². The van der Waals surface area contributed by atoms with Gasteiger partial charge in [0.05, 0.1) is 5.75 Å². The lowest BCUT2D eigenvalue weighted by Gasteiger charge is -2.17. The summed E-state index contributed by atoms with van der Waals surface area (Å²) in [5, 5.41) is 3.55. The molecule has 0 bridgehead atoms. The maximum absolute atomic E-state index is 11.5. The Kier molecular flexibility index (Phi) is 6.33. The summed E-state index contributed by atoms with van der Waals surface area (Å²) >= 11 is 0. The SMILES string of the molecule is CC[C@H](NCc1ccc(CS(=O)(=O)NC)cc1)c1ccccc1. The minimum absolute atomic E-state index is 0.0127. The third-order valence-electron chi connectivity index (χ3n) is 3.85. The van der Waals surface area contributed by atoms with Crippen molar-refractivity contribution in [1.29, 1.82) is 0 Å². The van der Waals surface area contributed by atoms with E-state index in [-0.39, 0.29) is 5.75 Å². The van der Waals surface area contributed by atoms with E-state index in [2.05, 4.69) is 41.2 Å². The van der Waals surface area contributed by atoms with E-state index < -0.39 is 10.0 Å². The van der Waals surface area contributed by atoms with Crippen LogP contribution in [-0.4, -0.2) is 15.5 Å². The predicted molar refractivity (Wildman–Crippen MR) is 94.4 cm³/mol. The summed E-state index contributed by atoms with van der Waals surface area (Å²) in [5.74, 6) is 0.0127. The Morgan fingerprint density at radius 1 is 0.957 bits per heavy atom. The largest absolute Gasteiger partial charge is 0.306 e. The summed E-state index contributed by atoms with van der Waals surface area (Å²) < 4.78 is 25.4. The molecule has 2 aromatic rings. The number of rotatable bonds is 8. The lowest BCUT2D eigenvalue weighted by Crippen LogP contribution is -2.21. The fourth-order valence-corrected chi connectivity index (χ4v) is 3.24. The van der Waals surface area contributed by atoms with Gasteiger partial charge in [-0.2, -0.15) is 0 Å². The number of hydrogen-bond donors (Lipinski definition) is 2. The van der Waals surface area contributed by atoms with E-state index in [0.29, 0.717) is 6.04 Å². The normalized spacial score (nSPS) is 13.0. The van der Waals surface area contributed by atoms with Crippen molar-refractivity contribution in [3.63, 3.8) is 0 Å². The van der Waals surface area contributed by atoms with Gasteiger partial charge in [-0.1, -0.05) is 61.5 Å². The van der Waals surface area contributed by atoms with Crippen molar-refractivity contribution >= 4 is 10.0 Å². The maximum Gasteiger partial charge on any atom is 0.215 e. The van der Waals surface area contributed by atoms with Gasteiger partial charge in [-0.05, 0) is 30.2 Å². The number of sulfonamides is 1. The highest BCUT2D eigenvalue weighted by Gasteiger charge is 2.10. The molecule has 2 N–H and O–H groups in total. The molecule has 0 fully saturated rings. The minimum Gasteiger partial charge on any atom is -0.306 e. The Bertz CT molecular complexity index is 698. The molecule has 0 aliphatic rings. The van der Waals surface area contributed by atoms with Crippen molar-refractivity contribution in [1.82, 2.24) is 10.0 Å². The summed E-state index contributed by atoms with van der Waals surface area (Å²) in [6, 6.07) is 18.4. The predicted octanol–water partition coefficient (Wildman–Crippen LogP) is 2.98. The van der Waals surface area contributed by atoms with Crippen LogP contribution in [0, 0.1) is 0 Å².